The summed E-state index contributed by atoms with van der Waals surface area (Å²) >= 11 is 0. The Bertz CT molecular complexity index is 483. The zero-order valence-electron chi connectivity index (χ0n) is 12.1. The van der Waals surface area contributed by atoms with E-state index in [0.717, 1.165) is 11.3 Å². The second kappa shape index (κ2) is 6.93. The lowest BCUT2D eigenvalue weighted by atomic mass is 10.0. The number of aryl methyl sites for hydroxylation is 1. The molecule has 2 N–H and O–H groups in total. The number of carbonyl (C=O) groups is 2. The molecule has 0 radical (unpaired) electrons. The van der Waals surface area contributed by atoms with Crippen molar-refractivity contribution in [3.8, 4) is 5.75 Å². The van der Waals surface area contributed by atoms with Crippen molar-refractivity contribution < 1.29 is 19.4 Å². The summed E-state index contributed by atoms with van der Waals surface area (Å²) in [6.07, 6.45) is 0.0778. The van der Waals surface area contributed by atoms with Gasteiger partial charge in [-0.05, 0) is 38.5 Å². The summed E-state index contributed by atoms with van der Waals surface area (Å²) in [5.74, 6) is -0.433. The third-order valence-corrected chi connectivity index (χ3v) is 2.66. The van der Waals surface area contributed by atoms with E-state index in [1.807, 2.05) is 31.2 Å². The summed E-state index contributed by atoms with van der Waals surface area (Å²) in [7, 11) is 0. The van der Waals surface area contributed by atoms with E-state index in [0.29, 0.717) is 0 Å². The second-order valence-corrected chi connectivity index (χ2v) is 5.42. The normalized spacial score (nSPS) is 10.9. The van der Waals surface area contributed by atoms with Gasteiger partial charge in [-0.2, -0.15) is 0 Å². The maximum atomic E-state index is 11.7. The Balaban J connectivity index is 2.35. The highest BCUT2D eigenvalue weighted by molar-refractivity contribution is 5.78. The molecule has 20 heavy (non-hydrogen) atoms. The maximum Gasteiger partial charge on any atom is 0.305 e. The Morgan fingerprint density at radius 2 is 2.05 bits per heavy atom. The van der Waals surface area contributed by atoms with Gasteiger partial charge in [-0.1, -0.05) is 12.1 Å². The minimum atomic E-state index is -0.939. The van der Waals surface area contributed by atoms with Crippen LogP contribution in [0, 0.1) is 6.92 Å². The molecule has 1 amide bonds. The average Bonchev–Trinajstić information content (AvgIpc) is 2.26. The Labute approximate surface area is 118 Å². The third-order valence-electron chi connectivity index (χ3n) is 2.66. The predicted molar refractivity (Wildman–Crippen MR) is 75.8 cm³/mol. The van der Waals surface area contributed by atoms with Crippen molar-refractivity contribution >= 4 is 11.9 Å². The van der Waals surface area contributed by atoms with Gasteiger partial charge in [0.25, 0.3) is 0 Å². The highest BCUT2D eigenvalue weighted by Gasteiger charge is 2.23. The van der Waals surface area contributed by atoms with Crippen molar-refractivity contribution in [1.82, 2.24) is 5.32 Å². The first-order chi connectivity index (χ1) is 9.28. The molecule has 0 fully saturated rings. The molecule has 1 rings (SSSR count). The lowest BCUT2D eigenvalue weighted by Gasteiger charge is -2.24. The molecule has 0 aliphatic rings. The van der Waals surface area contributed by atoms with Gasteiger partial charge < -0.3 is 15.2 Å². The fraction of sp³-hybridized carbons (Fsp3) is 0.467. The van der Waals surface area contributed by atoms with Crippen molar-refractivity contribution in [3.63, 3.8) is 0 Å². The molecule has 0 heterocycles. The first kappa shape index (κ1) is 16.0. The zero-order chi connectivity index (χ0) is 15.2. The molecular weight excluding hydrogens is 258 g/mol. The maximum absolute atomic E-state index is 11.7. The van der Waals surface area contributed by atoms with Gasteiger partial charge in [0.15, 0.2) is 0 Å². The molecule has 0 saturated carbocycles. The van der Waals surface area contributed by atoms with Crippen molar-refractivity contribution in [3.05, 3.63) is 29.8 Å². The van der Waals surface area contributed by atoms with E-state index < -0.39 is 11.5 Å². The highest BCUT2D eigenvalue weighted by atomic mass is 16.5. The number of hydrogen-bond donors (Lipinski definition) is 2. The van der Waals surface area contributed by atoms with E-state index in [4.69, 9.17) is 9.84 Å². The molecule has 0 atom stereocenters. The molecule has 0 aromatic heterocycles. The number of benzene rings is 1. The summed E-state index contributed by atoms with van der Waals surface area (Å²) in [6, 6.07) is 7.58. The first-order valence-corrected chi connectivity index (χ1v) is 6.51. The molecule has 0 saturated heterocycles. The summed E-state index contributed by atoms with van der Waals surface area (Å²) in [4.78, 5) is 22.4. The second-order valence-electron chi connectivity index (χ2n) is 5.42. The fourth-order valence-corrected chi connectivity index (χ4v) is 1.83. The topological polar surface area (TPSA) is 75.6 Å². The third kappa shape index (κ3) is 6.22. The number of carbonyl (C=O) groups excluding carboxylic acids is 1. The monoisotopic (exact) mass is 279 g/mol. The summed E-state index contributed by atoms with van der Waals surface area (Å²) in [5.41, 5.74) is 0.334. The van der Waals surface area contributed by atoms with Gasteiger partial charge in [0, 0.05) is 5.54 Å². The first-order valence-electron chi connectivity index (χ1n) is 6.51. The Kier molecular flexibility index (Phi) is 5.55. The van der Waals surface area contributed by atoms with Crippen LogP contribution in [0.25, 0.3) is 0 Å². The van der Waals surface area contributed by atoms with Crippen molar-refractivity contribution in [1.29, 1.82) is 0 Å². The zero-order valence-corrected chi connectivity index (χ0v) is 12.1. The van der Waals surface area contributed by atoms with E-state index in [9.17, 15) is 9.59 Å². The Morgan fingerprint density at radius 1 is 1.35 bits per heavy atom. The van der Waals surface area contributed by atoms with Crippen LogP contribution >= 0.6 is 0 Å². The molecule has 0 aliphatic heterocycles. The standard InChI is InChI=1S/C15H21NO4/c1-11-5-4-6-12(9-11)20-8-7-13(17)16-15(2,3)10-14(18)19/h4-6,9H,7-8,10H2,1-3H3,(H,16,17)(H,18,19). The number of carboxylic acid groups (broad SMARTS) is 1. The molecule has 0 aliphatic carbocycles. The Morgan fingerprint density at radius 3 is 2.65 bits per heavy atom. The van der Waals surface area contributed by atoms with Crippen molar-refractivity contribution in [2.24, 2.45) is 0 Å². The summed E-state index contributed by atoms with van der Waals surface area (Å²) in [6.45, 7) is 5.59. The van der Waals surface area contributed by atoms with Crippen LogP contribution in [0.3, 0.4) is 0 Å². The van der Waals surface area contributed by atoms with Gasteiger partial charge >= 0.3 is 5.97 Å². The number of aliphatic carboxylic acids is 1. The molecule has 5 heteroatoms. The van der Waals surface area contributed by atoms with Gasteiger partial charge in [-0.25, -0.2) is 0 Å². The largest absolute Gasteiger partial charge is 0.493 e. The molecule has 5 nitrogen and oxygen atoms in total. The van der Waals surface area contributed by atoms with Gasteiger partial charge in [-0.3, -0.25) is 9.59 Å². The van der Waals surface area contributed by atoms with Crippen LogP contribution in [0.5, 0.6) is 5.75 Å². The fourth-order valence-electron chi connectivity index (χ4n) is 1.83. The lowest BCUT2D eigenvalue weighted by molar-refractivity contribution is -0.138. The van der Waals surface area contributed by atoms with E-state index in [-0.39, 0.29) is 25.4 Å². The molecule has 0 bridgehead atoms. The van der Waals surface area contributed by atoms with Crippen LogP contribution < -0.4 is 10.1 Å². The molecule has 110 valence electrons. The number of ether oxygens (including phenoxy) is 1. The number of carboxylic acids is 1. The van der Waals surface area contributed by atoms with Crippen LogP contribution in [-0.2, 0) is 9.59 Å². The van der Waals surface area contributed by atoms with Crippen LogP contribution in [0.15, 0.2) is 24.3 Å². The smallest absolute Gasteiger partial charge is 0.305 e. The average molecular weight is 279 g/mol. The van der Waals surface area contributed by atoms with Gasteiger partial charge in [0.05, 0.1) is 19.4 Å². The lowest BCUT2D eigenvalue weighted by Crippen LogP contribution is -2.45. The minimum Gasteiger partial charge on any atom is -0.493 e. The molecule has 0 unspecified atom stereocenters. The predicted octanol–water partition coefficient (Wildman–Crippen LogP) is 2.13. The van der Waals surface area contributed by atoms with Crippen LogP contribution in [0.4, 0.5) is 0 Å². The SMILES string of the molecule is Cc1cccc(OCCC(=O)NC(C)(C)CC(=O)O)c1. The molecule has 1 aromatic carbocycles. The number of hydrogen-bond acceptors (Lipinski definition) is 3. The molecule has 1 aromatic rings. The number of nitrogens with one attached hydrogen (secondary N) is 1. The minimum absolute atomic E-state index is 0.114. The molecular formula is C15H21NO4. The van der Waals surface area contributed by atoms with Gasteiger partial charge in [0.2, 0.25) is 5.91 Å². The summed E-state index contributed by atoms with van der Waals surface area (Å²) in [5, 5.41) is 11.4. The summed E-state index contributed by atoms with van der Waals surface area (Å²) < 4.78 is 5.48. The van der Waals surface area contributed by atoms with E-state index >= 15 is 0 Å². The van der Waals surface area contributed by atoms with E-state index in [1.165, 1.54) is 0 Å². The number of amides is 1. The van der Waals surface area contributed by atoms with E-state index in [1.54, 1.807) is 13.8 Å². The highest BCUT2D eigenvalue weighted by Crippen LogP contribution is 2.13. The van der Waals surface area contributed by atoms with Crippen molar-refractivity contribution in [2.75, 3.05) is 6.61 Å². The molecule has 0 spiro atoms. The van der Waals surface area contributed by atoms with E-state index in [2.05, 4.69) is 5.32 Å². The number of rotatable bonds is 7. The van der Waals surface area contributed by atoms with Crippen LogP contribution in [-0.4, -0.2) is 29.1 Å². The van der Waals surface area contributed by atoms with Gasteiger partial charge in [0.1, 0.15) is 5.75 Å². The van der Waals surface area contributed by atoms with Crippen LogP contribution in [0.2, 0.25) is 0 Å². The van der Waals surface area contributed by atoms with Crippen molar-refractivity contribution in [2.45, 2.75) is 39.2 Å². The van der Waals surface area contributed by atoms with Crippen LogP contribution in [0.1, 0.15) is 32.3 Å². The quantitative estimate of drug-likeness (QED) is 0.801. The Hall–Kier alpha value is -2.04. The van der Waals surface area contributed by atoms with Gasteiger partial charge in [-0.15, -0.1) is 0 Å².